The molecule has 0 saturated carbocycles. The summed E-state index contributed by atoms with van der Waals surface area (Å²) in [6.45, 7) is 5.47. The Kier molecular flexibility index (Phi) is 6.43. The molecule has 1 atom stereocenters. The number of hydrogen-bond donors (Lipinski definition) is 3. The summed E-state index contributed by atoms with van der Waals surface area (Å²) in [4.78, 5) is 37.2. The van der Waals surface area contributed by atoms with Crippen LogP contribution in [-0.4, -0.2) is 35.6 Å². The second-order valence-corrected chi connectivity index (χ2v) is 7.94. The molecule has 29 heavy (non-hydrogen) atoms. The number of nitrogens with one attached hydrogen (secondary N) is 3. The molecule has 152 valence electrons. The average molecular weight is 413 g/mol. The van der Waals surface area contributed by atoms with Crippen LogP contribution in [0.1, 0.15) is 31.1 Å². The molecule has 0 unspecified atom stereocenters. The maximum Gasteiger partial charge on any atom is 0.265 e. The van der Waals surface area contributed by atoms with E-state index < -0.39 is 6.10 Å². The molecule has 8 heteroatoms. The molecule has 1 aliphatic heterocycles. The number of thioether (sulfide) groups is 1. The lowest BCUT2D eigenvalue weighted by Crippen LogP contribution is -2.34. The number of carbonyl (C=O) groups excluding carboxylic acids is 3. The smallest absolute Gasteiger partial charge is 0.265 e. The average Bonchev–Trinajstić information content (AvgIpc) is 2.67. The van der Waals surface area contributed by atoms with Gasteiger partial charge in [-0.05, 0) is 51.1 Å². The molecular weight excluding hydrogens is 390 g/mol. The summed E-state index contributed by atoms with van der Waals surface area (Å²) in [7, 11) is 0. The van der Waals surface area contributed by atoms with Gasteiger partial charge in [0.25, 0.3) is 11.8 Å². The zero-order chi connectivity index (χ0) is 21.0. The SMILES string of the molecule is CC(C)NC(=O)CSc1ccccc1C(=O)Nc1ccc2c(c1)NC(=O)[C@@H](C)O2. The molecule has 0 fully saturated rings. The van der Waals surface area contributed by atoms with Crippen molar-refractivity contribution in [3.63, 3.8) is 0 Å². The van der Waals surface area contributed by atoms with Crippen LogP contribution in [0, 0.1) is 0 Å². The Morgan fingerprint density at radius 3 is 2.72 bits per heavy atom. The largest absolute Gasteiger partial charge is 0.479 e. The molecule has 0 spiro atoms. The molecule has 1 aliphatic rings. The lowest BCUT2D eigenvalue weighted by molar-refractivity contribution is -0.122. The summed E-state index contributed by atoms with van der Waals surface area (Å²) in [5, 5.41) is 8.42. The van der Waals surface area contributed by atoms with Crippen LogP contribution in [0.4, 0.5) is 11.4 Å². The standard InChI is InChI=1S/C21H23N3O4S/c1-12(2)22-19(25)11-29-18-7-5-4-6-15(18)21(27)23-14-8-9-17-16(10-14)24-20(26)13(3)28-17/h4-10,12-13H,11H2,1-3H3,(H,22,25)(H,23,27)(H,24,26)/t13-/m1/s1. The summed E-state index contributed by atoms with van der Waals surface area (Å²) in [6.07, 6.45) is -0.556. The third-order valence-electron chi connectivity index (χ3n) is 4.11. The van der Waals surface area contributed by atoms with Gasteiger partial charge in [-0.2, -0.15) is 0 Å². The van der Waals surface area contributed by atoms with Gasteiger partial charge in [0.05, 0.1) is 17.0 Å². The molecule has 0 saturated heterocycles. The second-order valence-electron chi connectivity index (χ2n) is 6.92. The molecule has 3 rings (SSSR count). The number of rotatable bonds is 6. The number of fused-ring (bicyclic) bond motifs is 1. The van der Waals surface area contributed by atoms with Crippen LogP contribution in [0.3, 0.4) is 0 Å². The number of benzene rings is 2. The van der Waals surface area contributed by atoms with Crippen molar-refractivity contribution in [1.82, 2.24) is 5.32 Å². The molecule has 0 aliphatic carbocycles. The molecule has 2 aromatic carbocycles. The first-order chi connectivity index (χ1) is 13.8. The lowest BCUT2D eigenvalue weighted by atomic mass is 10.2. The van der Waals surface area contributed by atoms with Gasteiger partial charge >= 0.3 is 0 Å². The Bertz CT molecular complexity index is 945. The van der Waals surface area contributed by atoms with Gasteiger partial charge in [0.2, 0.25) is 5.91 Å². The highest BCUT2D eigenvalue weighted by atomic mass is 32.2. The highest BCUT2D eigenvalue weighted by molar-refractivity contribution is 8.00. The third kappa shape index (κ3) is 5.29. The molecule has 3 amide bonds. The molecule has 1 heterocycles. The topological polar surface area (TPSA) is 96.5 Å². The summed E-state index contributed by atoms with van der Waals surface area (Å²) in [5.74, 6) is 0.168. The minimum atomic E-state index is -0.556. The predicted octanol–water partition coefficient (Wildman–Crippen LogP) is 3.28. The van der Waals surface area contributed by atoms with Crippen molar-refractivity contribution in [3.8, 4) is 5.75 Å². The van der Waals surface area contributed by atoms with Crippen LogP contribution in [0.2, 0.25) is 0 Å². The lowest BCUT2D eigenvalue weighted by Gasteiger charge is -2.23. The molecule has 2 aromatic rings. The van der Waals surface area contributed by atoms with Crippen molar-refractivity contribution in [3.05, 3.63) is 48.0 Å². The van der Waals surface area contributed by atoms with Crippen molar-refractivity contribution in [2.24, 2.45) is 0 Å². The van der Waals surface area contributed by atoms with Crippen LogP contribution in [-0.2, 0) is 9.59 Å². The van der Waals surface area contributed by atoms with E-state index in [0.29, 0.717) is 27.6 Å². The minimum absolute atomic E-state index is 0.0677. The molecule has 3 N–H and O–H groups in total. The second kappa shape index (κ2) is 9.00. The Hall–Kier alpha value is -3.00. The van der Waals surface area contributed by atoms with Crippen molar-refractivity contribution in [2.45, 2.75) is 37.8 Å². The van der Waals surface area contributed by atoms with E-state index in [1.165, 1.54) is 11.8 Å². The van der Waals surface area contributed by atoms with Crippen LogP contribution in [0.5, 0.6) is 5.75 Å². The number of hydrogen-bond acceptors (Lipinski definition) is 5. The van der Waals surface area contributed by atoms with E-state index >= 15 is 0 Å². The molecule has 0 radical (unpaired) electrons. The van der Waals surface area contributed by atoms with Gasteiger partial charge in [-0.3, -0.25) is 14.4 Å². The third-order valence-corrected chi connectivity index (χ3v) is 5.18. The fraction of sp³-hybridized carbons (Fsp3) is 0.286. The van der Waals surface area contributed by atoms with E-state index in [0.717, 1.165) is 0 Å². The quantitative estimate of drug-likeness (QED) is 0.632. The fourth-order valence-electron chi connectivity index (χ4n) is 2.77. The maximum absolute atomic E-state index is 12.8. The molecule has 0 aromatic heterocycles. The molecule has 0 bridgehead atoms. The maximum atomic E-state index is 12.8. The first-order valence-corrected chi connectivity index (χ1v) is 10.3. The summed E-state index contributed by atoms with van der Waals surface area (Å²) in [5.41, 5.74) is 1.52. The number of amides is 3. The van der Waals surface area contributed by atoms with E-state index in [1.54, 1.807) is 37.3 Å². The molecular formula is C21H23N3O4S. The van der Waals surface area contributed by atoms with Crippen molar-refractivity contribution < 1.29 is 19.1 Å². The van der Waals surface area contributed by atoms with E-state index in [4.69, 9.17) is 4.74 Å². The Morgan fingerprint density at radius 2 is 1.97 bits per heavy atom. The van der Waals surface area contributed by atoms with E-state index in [9.17, 15) is 14.4 Å². The Balaban J connectivity index is 1.71. The normalized spacial score (nSPS) is 15.2. The van der Waals surface area contributed by atoms with Crippen LogP contribution in [0.15, 0.2) is 47.4 Å². The van der Waals surface area contributed by atoms with Gasteiger partial charge in [-0.25, -0.2) is 0 Å². The first kappa shape index (κ1) is 20.7. The van der Waals surface area contributed by atoms with Crippen LogP contribution >= 0.6 is 11.8 Å². The number of carbonyl (C=O) groups is 3. The van der Waals surface area contributed by atoms with Crippen LogP contribution < -0.4 is 20.7 Å². The van der Waals surface area contributed by atoms with Crippen LogP contribution in [0.25, 0.3) is 0 Å². The highest BCUT2D eigenvalue weighted by Gasteiger charge is 2.24. The Morgan fingerprint density at radius 1 is 1.21 bits per heavy atom. The van der Waals surface area contributed by atoms with E-state index in [2.05, 4.69) is 16.0 Å². The first-order valence-electron chi connectivity index (χ1n) is 9.27. The fourth-order valence-corrected chi connectivity index (χ4v) is 3.63. The predicted molar refractivity (Wildman–Crippen MR) is 114 cm³/mol. The Labute approximate surface area is 173 Å². The van der Waals surface area contributed by atoms with Crippen molar-refractivity contribution in [1.29, 1.82) is 0 Å². The van der Waals surface area contributed by atoms with E-state index in [1.807, 2.05) is 26.0 Å². The number of ether oxygens (including phenoxy) is 1. The zero-order valence-corrected chi connectivity index (χ0v) is 17.3. The number of anilines is 2. The van der Waals surface area contributed by atoms with Gasteiger partial charge in [-0.1, -0.05) is 12.1 Å². The van der Waals surface area contributed by atoms with Gasteiger partial charge in [-0.15, -0.1) is 11.8 Å². The van der Waals surface area contributed by atoms with Crippen molar-refractivity contribution in [2.75, 3.05) is 16.4 Å². The summed E-state index contributed by atoms with van der Waals surface area (Å²) >= 11 is 1.31. The van der Waals surface area contributed by atoms with Crippen molar-refractivity contribution >= 4 is 40.9 Å². The van der Waals surface area contributed by atoms with Gasteiger partial charge < -0.3 is 20.7 Å². The highest BCUT2D eigenvalue weighted by Crippen LogP contribution is 2.32. The van der Waals surface area contributed by atoms with E-state index in [-0.39, 0.29) is 29.5 Å². The summed E-state index contributed by atoms with van der Waals surface area (Å²) in [6, 6.07) is 12.3. The van der Waals surface area contributed by atoms with Gasteiger partial charge in [0.15, 0.2) is 6.10 Å². The monoisotopic (exact) mass is 413 g/mol. The minimum Gasteiger partial charge on any atom is -0.479 e. The van der Waals surface area contributed by atoms with Gasteiger partial charge in [0.1, 0.15) is 5.75 Å². The zero-order valence-electron chi connectivity index (χ0n) is 16.4. The molecule has 7 nitrogen and oxygen atoms in total. The summed E-state index contributed by atoms with van der Waals surface area (Å²) < 4.78 is 5.52. The van der Waals surface area contributed by atoms with Gasteiger partial charge in [0, 0.05) is 16.6 Å².